The molecule has 4 rings (SSSR count). The summed E-state index contributed by atoms with van der Waals surface area (Å²) in [6, 6.07) is 7.04. The Hall–Kier alpha value is -1.30. The van der Waals surface area contributed by atoms with Crippen molar-refractivity contribution in [3.8, 4) is 0 Å². The van der Waals surface area contributed by atoms with Gasteiger partial charge in [-0.3, -0.25) is 9.80 Å². The van der Waals surface area contributed by atoms with Crippen LogP contribution in [0.4, 0.5) is 0 Å². The molecule has 0 bridgehead atoms. The number of fused-ring (bicyclic) bond motifs is 1. The minimum absolute atomic E-state index is 0.0796. The minimum atomic E-state index is -0.0796. The van der Waals surface area contributed by atoms with Crippen LogP contribution in [0.15, 0.2) is 23.7 Å². The van der Waals surface area contributed by atoms with E-state index in [0.29, 0.717) is 16.4 Å². The van der Waals surface area contributed by atoms with Crippen LogP contribution in [0.1, 0.15) is 38.3 Å². The first-order valence-electron chi connectivity index (χ1n) is 8.39. The molecule has 0 spiro atoms. The number of hydrogen-bond acceptors (Lipinski definition) is 4. The molecule has 23 heavy (non-hydrogen) atoms. The highest BCUT2D eigenvalue weighted by Gasteiger charge is 2.57. The maximum absolute atomic E-state index is 13.1. The lowest BCUT2D eigenvalue weighted by Crippen LogP contribution is -2.66. The Morgan fingerprint density at radius 1 is 1.43 bits per heavy atom. The summed E-state index contributed by atoms with van der Waals surface area (Å²) in [5.74, 6) is 0.422. The quantitative estimate of drug-likeness (QED) is 0.860. The zero-order valence-corrected chi connectivity index (χ0v) is 14.8. The summed E-state index contributed by atoms with van der Waals surface area (Å²) in [6.07, 6.45) is 2.10. The molecule has 2 aromatic rings. The van der Waals surface area contributed by atoms with Crippen LogP contribution in [-0.4, -0.2) is 41.6 Å². The van der Waals surface area contributed by atoms with Crippen molar-refractivity contribution in [2.24, 2.45) is 5.41 Å². The highest BCUT2D eigenvalue weighted by Crippen LogP contribution is 2.49. The first kappa shape index (κ1) is 15.2. The van der Waals surface area contributed by atoms with Gasteiger partial charge in [-0.15, -0.1) is 11.3 Å². The first-order valence-corrected chi connectivity index (χ1v) is 9.27. The van der Waals surface area contributed by atoms with Gasteiger partial charge in [0.2, 0.25) is 0 Å². The van der Waals surface area contributed by atoms with Crippen molar-refractivity contribution in [3.63, 3.8) is 0 Å². The van der Waals surface area contributed by atoms with E-state index >= 15 is 0 Å². The van der Waals surface area contributed by atoms with Gasteiger partial charge in [0.25, 0.3) is 0 Å². The molecule has 122 valence electrons. The fourth-order valence-electron chi connectivity index (χ4n) is 3.75. The van der Waals surface area contributed by atoms with E-state index in [0.717, 1.165) is 31.4 Å². The van der Waals surface area contributed by atoms with Crippen LogP contribution in [0.2, 0.25) is 0 Å². The molecular formula is C18H24N3OS+. The lowest BCUT2D eigenvalue weighted by Gasteiger charge is -2.45. The van der Waals surface area contributed by atoms with Crippen molar-refractivity contribution >= 4 is 27.5 Å². The van der Waals surface area contributed by atoms with Gasteiger partial charge in [0.15, 0.2) is 0 Å². The summed E-state index contributed by atoms with van der Waals surface area (Å²) in [5, 5.41) is 3.63. The zero-order valence-electron chi connectivity index (χ0n) is 14.0. The van der Waals surface area contributed by atoms with Crippen molar-refractivity contribution in [2.75, 3.05) is 20.1 Å². The number of carbonyl (C=O) groups is 1. The van der Waals surface area contributed by atoms with Crippen LogP contribution < -0.4 is 5.32 Å². The molecule has 1 aliphatic carbocycles. The van der Waals surface area contributed by atoms with E-state index in [-0.39, 0.29) is 11.5 Å². The summed E-state index contributed by atoms with van der Waals surface area (Å²) in [5.41, 5.74) is 4.11. The molecule has 1 saturated carbocycles. The Balaban J connectivity index is 1.64. The lowest BCUT2D eigenvalue weighted by molar-refractivity contribution is -0.866. The summed E-state index contributed by atoms with van der Waals surface area (Å²) in [4.78, 5) is 17.5. The molecule has 1 aromatic carbocycles. The highest BCUT2D eigenvalue weighted by atomic mass is 32.1. The summed E-state index contributed by atoms with van der Waals surface area (Å²) >= 11 is 1.67. The Morgan fingerprint density at radius 2 is 2.22 bits per heavy atom. The van der Waals surface area contributed by atoms with Crippen molar-refractivity contribution in [2.45, 2.75) is 38.8 Å². The summed E-state index contributed by atoms with van der Waals surface area (Å²) < 4.78 is 1.76. The fraction of sp³-hybridized carbons (Fsp3) is 0.556. The molecule has 4 nitrogen and oxygen atoms in total. The number of quaternary nitrogens is 1. The van der Waals surface area contributed by atoms with Gasteiger partial charge < -0.3 is 0 Å². The number of likely N-dealkylation sites (N-methyl/N-ethyl adjacent to an activating group) is 1. The molecule has 3 unspecified atom stereocenters. The lowest BCUT2D eigenvalue weighted by atomic mass is 9.96. The molecule has 1 amide bonds. The van der Waals surface area contributed by atoms with Gasteiger partial charge in [-0.25, -0.2) is 9.78 Å². The second-order valence-electron chi connectivity index (χ2n) is 7.71. The molecule has 2 heterocycles. The second kappa shape index (κ2) is 5.10. The molecule has 1 N–H and O–H groups in total. The van der Waals surface area contributed by atoms with E-state index in [1.54, 1.807) is 11.3 Å². The van der Waals surface area contributed by atoms with Crippen molar-refractivity contribution in [3.05, 3.63) is 29.3 Å². The minimum Gasteiger partial charge on any atom is -0.300 e. The van der Waals surface area contributed by atoms with E-state index in [9.17, 15) is 4.79 Å². The topological polar surface area (TPSA) is 42.0 Å². The number of aromatic nitrogens is 1. The Bertz CT molecular complexity index is 766. The number of nitrogens with zero attached hydrogens (tertiary/aromatic N) is 2. The van der Waals surface area contributed by atoms with E-state index in [2.05, 4.69) is 49.4 Å². The Kier molecular flexibility index (Phi) is 3.38. The van der Waals surface area contributed by atoms with Crippen molar-refractivity contribution in [1.82, 2.24) is 10.3 Å². The maximum atomic E-state index is 13.1. The van der Waals surface area contributed by atoms with E-state index < -0.39 is 0 Å². The second-order valence-corrected chi connectivity index (χ2v) is 8.59. The van der Waals surface area contributed by atoms with Gasteiger partial charge in [-0.2, -0.15) is 0 Å². The van der Waals surface area contributed by atoms with Gasteiger partial charge in [0.05, 0.1) is 34.2 Å². The van der Waals surface area contributed by atoms with E-state index in [1.165, 1.54) is 10.3 Å². The van der Waals surface area contributed by atoms with Gasteiger partial charge in [0, 0.05) is 6.54 Å². The summed E-state index contributed by atoms with van der Waals surface area (Å²) in [7, 11) is 2.13. The third kappa shape index (κ3) is 2.42. The predicted molar refractivity (Wildman–Crippen MR) is 93.2 cm³/mol. The van der Waals surface area contributed by atoms with Crippen LogP contribution >= 0.6 is 11.3 Å². The van der Waals surface area contributed by atoms with Crippen LogP contribution in [0, 0.1) is 5.41 Å². The molecule has 2 aliphatic rings. The first-order chi connectivity index (χ1) is 10.9. The number of thiazole rings is 1. The maximum Gasteiger partial charge on any atom is 0.319 e. The number of benzene rings is 1. The molecule has 1 aliphatic heterocycles. The molecule has 0 radical (unpaired) electrons. The average molecular weight is 330 g/mol. The third-order valence-corrected chi connectivity index (χ3v) is 6.74. The van der Waals surface area contributed by atoms with Gasteiger partial charge in [-0.05, 0) is 44.4 Å². The number of piperazine rings is 1. The smallest absolute Gasteiger partial charge is 0.300 e. The highest BCUT2D eigenvalue weighted by molar-refractivity contribution is 7.16. The van der Waals surface area contributed by atoms with Crippen LogP contribution in [0.3, 0.4) is 0 Å². The number of rotatable bonds is 2. The fourth-order valence-corrected chi connectivity index (χ4v) is 4.41. The molecule has 1 aromatic heterocycles. The van der Waals surface area contributed by atoms with Crippen molar-refractivity contribution in [1.29, 1.82) is 0 Å². The molecule has 5 heteroatoms. The Labute approximate surface area is 141 Å². The van der Waals surface area contributed by atoms with E-state index in [4.69, 9.17) is 0 Å². The molecule has 2 fully saturated rings. The number of hydrogen-bond donors (Lipinski definition) is 1. The molecule has 1 saturated heterocycles. The zero-order chi connectivity index (χ0) is 16.2. The third-order valence-electron chi connectivity index (χ3n) is 5.93. The van der Waals surface area contributed by atoms with Crippen LogP contribution in [0.5, 0.6) is 0 Å². The average Bonchev–Trinajstić information content (AvgIpc) is 3.12. The SMILES string of the molecule is CC1CNC(c2ccc3scnc3c2)C[N+]1(C)C(=O)C1(C)CC1. The molecular weight excluding hydrogens is 306 g/mol. The van der Waals surface area contributed by atoms with Gasteiger partial charge >= 0.3 is 5.91 Å². The van der Waals surface area contributed by atoms with Gasteiger partial charge in [0.1, 0.15) is 12.6 Å². The van der Waals surface area contributed by atoms with Crippen LogP contribution in [-0.2, 0) is 4.79 Å². The number of carbonyl (C=O) groups excluding carboxylic acids is 1. The number of nitrogens with one attached hydrogen (secondary N) is 1. The standard InChI is InChI=1S/C18H24N3OS/c1-12-9-19-15(10-21(12,3)17(22)18(2)6-7-18)13-4-5-16-14(8-13)20-11-23-16/h4-5,8,11-12,15,19H,6-7,9-10H2,1-3H3/q+1. The normalized spacial score (nSPS) is 32.8. The Morgan fingerprint density at radius 3 is 2.96 bits per heavy atom. The summed E-state index contributed by atoms with van der Waals surface area (Å²) in [6.45, 7) is 6.02. The largest absolute Gasteiger partial charge is 0.319 e. The van der Waals surface area contributed by atoms with Crippen molar-refractivity contribution < 1.29 is 9.28 Å². The number of amides is 1. The monoisotopic (exact) mass is 330 g/mol. The van der Waals surface area contributed by atoms with Gasteiger partial charge in [-0.1, -0.05) is 6.07 Å². The van der Waals surface area contributed by atoms with Crippen LogP contribution in [0.25, 0.3) is 10.2 Å². The van der Waals surface area contributed by atoms with E-state index in [1.807, 2.05) is 5.51 Å². The predicted octanol–water partition coefficient (Wildman–Crippen LogP) is 3.10. The molecule has 3 atom stereocenters.